The molecule has 0 atom stereocenters. The molecule has 1 heterocycles. The van der Waals surface area contributed by atoms with Crippen LogP contribution in [0.4, 0.5) is 5.69 Å². The van der Waals surface area contributed by atoms with E-state index in [1.54, 1.807) is 24.3 Å². The molecule has 6 heteroatoms. The number of alkyl halides is 1. The van der Waals surface area contributed by atoms with E-state index in [2.05, 4.69) is 21.7 Å². The van der Waals surface area contributed by atoms with Crippen LogP contribution in [0.25, 0.3) is 10.9 Å². The Morgan fingerprint density at radius 1 is 1.04 bits per heavy atom. The second-order valence-electron chi connectivity index (χ2n) is 5.62. The SMILES string of the molecule is O=C(CCl)Nc1ccc(C(=O)NCCc2cccc3[nH]ccc23)cc1. The number of hydrogen-bond acceptors (Lipinski definition) is 2. The van der Waals surface area contributed by atoms with Crippen molar-refractivity contribution in [3.05, 3.63) is 65.9 Å². The average molecular weight is 356 g/mol. The fourth-order valence-corrected chi connectivity index (χ4v) is 2.75. The number of benzene rings is 2. The normalized spacial score (nSPS) is 10.6. The molecule has 0 saturated carbocycles. The van der Waals surface area contributed by atoms with Crippen LogP contribution in [0.3, 0.4) is 0 Å². The minimum Gasteiger partial charge on any atom is -0.361 e. The van der Waals surface area contributed by atoms with E-state index in [4.69, 9.17) is 11.6 Å². The van der Waals surface area contributed by atoms with Crippen LogP contribution in [-0.4, -0.2) is 29.2 Å². The highest BCUT2D eigenvalue weighted by Gasteiger charge is 2.07. The number of halogens is 1. The van der Waals surface area contributed by atoms with E-state index in [0.717, 1.165) is 11.9 Å². The summed E-state index contributed by atoms with van der Waals surface area (Å²) in [5.41, 5.74) is 3.45. The first-order valence-corrected chi connectivity index (χ1v) is 8.50. The molecule has 0 aliphatic heterocycles. The molecule has 1 aromatic heterocycles. The average Bonchev–Trinajstić information content (AvgIpc) is 3.11. The van der Waals surface area contributed by atoms with Gasteiger partial charge in [0.2, 0.25) is 5.91 Å². The van der Waals surface area contributed by atoms with Crippen LogP contribution in [0.2, 0.25) is 0 Å². The molecule has 0 spiro atoms. The van der Waals surface area contributed by atoms with Crippen LogP contribution in [0.5, 0.6) is 0 Å². The van der Waals surface area contributed by atoms with E-state index in [9.17, 15) is 9.59 Å². The maximum absolute atomic E-state index is 12.2. The fraction of sp³-hybridized carbons (Fsp3) is 0.158. The Balaban J connectivity index is 1.55. The molecule has 128 valence electrons. The number of carbonyl (C=O) groups excluding carboxylic acids is 2. The molecule has 0 saturated heterocycles. The summed E-state index contributed by atoms with van der Waals surface area (Å²) in [6.07, 6.45) is 2.67. The number of amides is 2. The van der Waals surface area contributed by atoms with Gasteiger partial charge in [-0.3, -0.25) is 9.59 Å². The van der Waals surface area contributed by atoms with Crippen molar-refractivity contribution < 1.29 is 9.59 Å². The summed E-state index contributed by atoms with van der Waals surface area (Å²) in [7, 11) is 0. The molecule has 0 fully saturated rings. The quantitative estimate of drug-likeness (QED) is 0.593. The summed E-state index contributed by atoms with van der Waals surface area (Å²) >= 11 is 5.44. The second-order valence-corrected chi connectivity index (χ2v) is 5.89. The third kappa shape index (κ3) is 4.19. The highest BCUT2D eigenvalue weighted by atomic mass is 35.5. The number of anilines is 1. The van der Waals surface area contributed by atoms with Gasteiger partial charge in [0.15, 0.2) is 0 Å². The van der Waals surface area contributed by atoms with Gasteiger partial charge in [0.25, 0.3) is 5.91 Å². The summed E-state index contributed by atoms with van der Waals surface area (Å²) in [4.78, 5) is 26.6. The minimum atomic E-state index is -0.280. The Morgan fingerprint density at radius 3 is 2.60 bits per heavy atom. The number of carbonyl (C=O) groups is 2. The zero-order valence-corrected chi connectivity index (χ0v) is 14.3. The van der Waals surface area contributed by atoms with E-state index in [-0.39, 0.29) is 17.7 Å². The summed E-state index contributed by atoms with van der Waals surface area (Å²) in [6.45, 7) is 0.549. The van der Waals surface area contributed by atoms with Crippen molar-refractivity contribution in [3.8, 4) is 0 Å². The summed E-state index contributed by atoms with van der Waals surface area (Å²) in [5.74, 6) is -0.523. The highest BCUT2D eigenvalue weighted by Crippen LogP contribution is 2.17. The van der Waals surface area contributed by atoms with Gasteiger partial charge in [-0.2, -0.15) is 0 Å². The van der Waals surface area contributed by atoms with Crippen LogP contribution in [0, 0.1) is 0 Å². The molecule has 0 aliphatic carbocycles. The molecule has 3 aromatic rings. The molecule has 0 radical (unpaired) electrons. The van der Waals surface area contributed by atoms with Crippen molar-refractivity contribution >= 4 is 40.0 Å². The van der Waals surface area contributed by atoms with E-state index in [0.29, 0.717) is 17.8 Å². The van der Waals surface area contributed by atoms with Crippen molar-refractivity contribution in [1.29, 1.82) is 0 Å². The first-order valence-electron chi connectivity index (χ1n) is 7.96. The number of rotatable bonds is 6. The topological polar surface area (TPSA) is 74.0 Å². The molecule has 25 heavy (non-hydrogen) atoms. The smallest absolute Gasteiger partial charge is 0.251 e. The molecule has 2 amide bonds. The van der Waals surface area contributed by atoms with Gasteiger partial charge in [0.1, 0.15) is 5.88 Å². The predicted molar refractivity (Wildman–Crippen MR) is 100 cm³/mol. The van der Waals surface area contributed by atoms with Crippen molar-refractivity contribution in [2.24, 2.45) is 0 Å². The summed E-state index contributed by atoms with van der Waals surface area (Å²) in [5, 5.41) is 6.73. The zero-order valence-electron chi connectivity index (χ0n) is 13.5. The van der Waals surface area contributed by atoms with Gasteiger partial charge in [0, 0.05) is 34.9 Å². The third-order valence-electron chi connectivity index (χ3n) is 3.92. The van der Waals surface area contributed by atoms with Gasteiger partial charge in [-0.15, -0.1) is 11.6 Å². The molecule has 0 unspecified atom stereocenters. The van der Waals surface area contributed by atoms with Crippen molar-refractivity contribution in [2.45, 2.75) is 6.42 Å². The Hall–Kier alpha value is -2.79. The first kappa shape index (κ1) is 17.0. The Kier molecular flexibility index (Phi) is 5.36. The van der Waals surface area contributed by atoms with Crippen LogP contribution in [-0.2, 0) is 11.2 Å². The first-order chi connectivity index (χ1) is 12.2. The highest BCUT2D eigenvalue weighted by molar-refractivity contribution is 6.29. The van der Waals surface area contributed by atoms with Gasteiger partial charge in [-0.25, -0.2) is 0 Å². The van der Waals surface area contributed by atoms with Crippen LogP contribution >= 0.6 is 11.6 Å². The molecule has 3 rings (SSSR count). The number of aromatic nitrogens is 1. The molecular formula is C19H18ClN3O2. The predicted octanol–water partition coefficient (Wildman–Crippen LogP) is 3.32. The zero-order chi connectivity index (χ0) is 17.6. The monoisotopic (exact) mass is 355 g/mol. The maximum Gasteiger partial charge on any atom is 0.251 e. The molecule has 0 aliphatic rings. The van der Waals surface area contributed by atoms with Crippen LogP contribution in [0.15, 0.2) is 54.7 Å². The number of nitrogens with one attached hydrogen (secondary N) is 3. The van der Waals surface area contributed by atoms with E-state index in [1.807, 2.05) is 24.4 Å². The Morgan fingerprint density at radius 2 is 1.84 bits per heavy atom. The lowest BCUT2D eigenvalue weighted by molar-refractivity contribution is -0.113. The molecule has 2 aromatic carbocycles. The second kappa shape index (κ2) is 7.85. The van der Waals surface area contributed by atoms with Gasteiger partial charge < -0.3 is 15.6 Å². The third-order valence-corrected chi connectivity index (χ3v) is 4.16. The molecule has 0 bridgehead atoms. The number of H-pyrrole nitrogens is 1. The van der Waals surface area contributed by atoms with Crippen LogP contribution in [0.1, 0.15) is 15.9 Å². The maximum atomic E-state index is 12.2. The summed E-state index contributed by atoms with van der Waals surface area (Å²) in [6, 6.07) is 14.8. The van der Waals surface area contributed by atoms with E-state index in [1.165, 1.54) is 10.9 Å². The van der Waals surface area contributed by atoms with Crippen LogP contribution < -0.4 is 10.6 Å². The van der Waals surface area contributed by atoms with Crippen molar-refractivity contribution in [3.63, 3.8) is 0 Å². The lowest BCUT2D eigenvalue weighted by Gasteiger charge is -2.08. The molecule has 3 N–H and O–H groups in total. The van der Waals surface area contributed by atoms with E-state index >= 15 is 0 Å². The lowest BCUT2D eigenvalue weighted by Crippen LogP contribution is -2.25. The largest absolute Gasteiger partial charge is 0.361 e. The number of hydrogen-bond donors (Lipinski definition) is 3. The summed E-state index contributed by atoms with van der Waals surface area (Å²) < 4.78 is 0. The fourth-order valence-electron chi connectivity index (χ4n) is 2.68. The lowest BCUT2D eigenvalue weighted by atomic mass is 10.1. The van der Waals surface area contributed by atoms with Gasteiger partial charge >= 0.3 is 0 Å². The minimum absolute atomic E-state index is 0.101. The Labute approximate surface area is 150 Å². The van der Waals surface area contributed by atoms with Gasteiger partial charge in [-0.1, -0.05) is 12.1 Å². The van der Waals surface area contributed by atoms with Gasteiger partial charge in [-0.05, 0) is 48.4 Å². The Bertz CT molecular complexity index is 887. The number of fused-ring (bicyclic) bond motifs is 1. The molecular weight excluding hydrogens is 338 g/mol. The standard InChI is InChI=1S/C19H18ClN3O2/c20-12-18(24)23-15-6-4-14(5-7-15)19(25)22-10-8-13-2-1-3-17-16(13)9-11-21-17/h1-7,9,11,21H,8,10,12H2,(H,22,25)(H,23,24). The van der Waals surface area contributed by atoms with Crippen molar-refractivity contribution in [1.82, 2.24) is 10.3 Å². The van der Waals surface area contributed by atoms with Crippen molar-refractivity contribution in [2.75, 3.05) is 17.7 Å². The molecule has 5 nitrogen and oxygen atoms in total. The van der Waals surface area contributed by atoms with Gasteiger partial charge in [0.05, 0.1) is 0 Å². The number of aromatic amines is 1. The van der Waals surface area contributed by atoms with E-state index < -0.39 is 0 Å².